The zero-order valence-corrected chi connectivity index (χ0v) is 10.7. The van der Waals surface area contributed by atoms with Crippen molar-refractivity contribution in [3.05, 3.63) is 26.6 Å². The second-order valence-electron chi connectivity index (χ2n) is 2.99. The lowest BCUT2D eigenvalue weighted by Gasteiger charge is -2.08. The number of hydrogen-bond donors (Lipinski definition) is 1. The van der Waals surface area contributed by atoms with Crippen LogP contribution >= 0.6 is 31.9 Å². The summed E-state index contributed by atoms with van der Waals surface area (Å²) in [5, 5.41) is 0. The molecule has 76 valence electrons. The molecule has 1 aromatic rings. The fourth-order valence-corrected chi connectivity index (χ4v) is 2.86. The highest BCUT2D eigenvalue weighted by molar-refractivity contribution is 9.11. The maximum Gasteiger partial charge on any atom is 0.138 e. The van der Waals surface area contributed by atoms with E-state index < -0.39 is 0 Å². The van der Waals surface area contributed by atoms with Crippen LogP contribution in [0.25, 0.3) is 0 Å². The highest BCUT2D eigenvalue weighted by Gasteiger charge is 2.26. The van der Waals surface area contributed by atoms with Crippen LogP contribution in [0.3, 0.4) is 0 Å². The Morgan fingerprint density at radius 3 is 3.00 bits per heavy atom. The third-order valence-corrected chi connectivity index (χ3v) is 3.11. The smallest absolute Gasteiger partial charge is 0.138 e. The highest BCUT2D eigenvalue weighted by atomic mass is 79.9. The Labute approximate surface area is 99.0 Å². The lowest BCUT2D eigenvalue weighted by molar-refractivity contribution is 0.0535. The minimum Gasteiger partial charge on any atom is -0.490 e. The molecule has 1 unspecified atom stereocenters. The Morgan fingerprint density at radius 2 is 2.29 bits per heavy atom. The van der Waals surface area contributed by atoms with Gasteiger partial charge in [0.2, 0.25) is 0 Å². The van der Waals surface area contributed by atoms with E-state index in [-0.39, 0.29) is 6.04 Å². The van der Waals surface area contributed by atoms with E-state index in [1.165, 1.54) is 0 Å². The van der Waals surface area contributed by atoms with Gasteiger partial charge in [-0.3, -0.25) is 0 Å². The maximum absolute atomic E-state index is 5.54. The third kappa shape index (κ3) is 1.82. The number of halogens is 2. The summed E-state index contributed by atoms with van der Waals surface area (Å²) in [6.45, 7) is 0.595. The molecule has 0 saturated carbocycles. The zero-order chi connectivity index (χ0) is 10.1. The van der Waals surface area contributed by atoms with Gasteiger partial charge in [0.1, 0.15) is 12.4 Å². The minimum absolute atomic E-state index is 0.101. The van der Waals surface area contributed by atoms with E-state index in [0.29, 0.717) is 6.61 Å². The van der Waals surface area contributed by atoms with Gasteiger partial charge in [0.05, 0.1) is 17.6 Å². The third-order valence-electron chi connectivity index (χ3n) is 2.07. The minimum atomic E-state index is 0.101. The molecular weight excluding hydrogens is 314 g/mol. The number of benzene rings is 1. The van der Waals surface area contributed by atoms with Gasteiger partial charge in [0.25, 0.3) is 0 Å². The van der Waals surface area contributed by atoms with E-state index in [9.17, 15) is 0 Å². The number of nitrogens with one attached hydrogen (secondary N) is 1. The number of hydrogen-bond acceptors (Lipinski definition) is 3. The van der Waals surface area contributed by atoms with E-state index in [1.54, 1.807) is 7.11 Å². The largest absolute Gasteiger partial charge is 0.490 e. The van der Waals surface area contributed by atoms with Crippen molar-refractivity contribution in [3.8, 4) is 5.75 Å². The predicted octanol–water partition coefficient (Wildman–Crippen LogP) is 2.80. The van der Waals surface area contributed by atoms with Crippen molar-refractivity contribution in [3.63, 3.8) is 0 Å². The van der Waals surface area contributed by atoms with Crippen molar-refractivity contribution in [1.29, 1.82) is 0 Å². The summed E-state index contributed by atoms with van der Waals surface area (Å²) in [6, 6.07) is 4.10. The molecule has 0 fully saturated rings. The van der Waals surface area contributed by atoms with Crippen molar-refractivity contribution < 1.29 is 9.57 Å². The molecule has 0 saturated heterocycles. The van der Waals surface area contributed by atoms with Crippen LogP contribution in [0.15, 0.2) is 21.1 Å². The lowest BCUT2D eigenvalue weighted by atomic mass is 10.1. The Hall–Kier alpha value is -0.100. The second kappa shape index (κ2) is 4.18. The molecule has 5 heteroatoms. The van der Waals surface area contributed by atoms with Gasteiger partial charge in [-0.15, -0.1) is 0 Å². The first-order chi connectivity index (χ1) is 6.72. The molecule has 1 atom stereocenters. The summed E-state index contributed by atoms with van der Waals surface area (Å²) in [7, 11) is 1.60. The fourth-order valence-electron chi connectivity index (χ4n) is 1.49. The molecule has 1 N–H and O–H groups in total. The maximum atomic E-state index is 5.54. The van der Waals surface area contributed by atoms with E-state index in [1.807, 2.05) is 12.1 Å². The Balaban J connectivity index is 2.38. The molecule has 1 heterocycles. The van der Waals surface area contributed by atoms with E-state index >= 15 is 0 Å². The first-order valence-electron chi connectivity index (χ1n) is 4.12. The SMILES string of the molecule is CONC1COc2c(Br)cc(Br)cc21. The molecular formula is C9H9Br2NO2. The molecule has 0 aromatic heterocycles. The summed E-state index contributed by atoms with van der Waals surface area (Å²) >= 11 is 6.89. The van der Waals surface area contributed by atoms with Crippen LogP contribution in [0.2, 0.25) is 0 Å². The first-order valence-corrected chi connectivity index (χ1v) is 5.71. The van der Waals surface area contributed by atoms with Crippen molar-refractivity contribution in [2.45, 2.75) is 6.04 Å². The Bertz CT molecular complexity index is 357. The number of ether oxygens (including phenoxy) is 1. The van der Waals surface area contributed by atoms with Crippen molar-refractivity contribution in [2.75, 3.05) is 13.7 Å². The van der Waals surface area contributed by atoms with Crippen LogP contribution in [0.5, 0.6) is 5.75 Å². The van der Waals surface area contributed by atoms with Crippen LogP contribution in [0.1, 0.15) is 11.6 Å². The van der Waals surface area contributed by atoms with Gasteiger partial charge in [0, 0.05) is 10.0 Å². The summed E-state index contributed by atoms with van der Waals surface area (Å²) in [6.07, 6.45) is 0. The van der Waals surface area contributed by atoms with Crippen LogP contribution in [0.4, 0.5) is 0 Å². The van der Waals surface area contributed by atoms with Gasteiger partial charge in [-0.25, -0.2) is 0 Å². The number of fused-ring (bicyclic) bond motifs is 1. The highest BCUT2D eigenvalue weighted by Crippen LogP contribution is 2.40. The molecule has 1 aromatic carbocycles. The van der Waals surface area contributed by atoms with Gasteiger partial charge in [-0.05, 0) is 28.1 Å². The molecule has 3 nitrogen and oxygen atoms in total. The summed E-state index contributed by atoms with van der Waals surface area (Å²) in [4.78, 5) is 4.90. The van der Waals surface area contributed by atoms with Crippen LogP contribution in [-0.2, 0) is 4.84 Å². The van der Waals surface area contributed by atoms with Gasteiger partial charge in [0.15, 0.2) is 0 Å². The second-order valence-corrected chi connectivity index (χ2v) is 4.76. The van der Waals surface area contributed by atoms with E-state index in [4.69, 9.17) is 9.57 Å². The number of hydroxylamine groups is 1. The van der Waals surface area contributed by atoms with Crippen molar-refractivity contribution >= 4 is 31.9 Å². The first kappa shape index (κ1) is 10.4. The quantitative estimate of drug-likeness (QED) is 0.849. The van der Waals surface area contributed by atoms with Gasteiger partial charge < -0.3 is 9.57 Å². The molecule has 0 amide bonds. The fraction of sp³-hybridized carbons (Fsp3) is 0.333. The van der Waals surface area contributed by atoms with E-state index in [2.05, 4.69) is 37.3 Å². The number of rotatable bonds is 2. The Kier molecular flexibility index (Phi) is 3.11. The average Bonchev–Trinajstić information content (AvgIpc) is 2.49. The summed E-state index contributed by atoms with van der Waals surface area (Å²) in [5.74, 6) is 0.891. The Morgan fingerprint density at radius 1 is 1.50 bits per heavy atom. The standard InChI is InChI=1S/C9H9Br2NO2/c1-13-12-8-4-14-9-6(8)2-5(10)3-7(9)11/h2-3,8,12H,4H2,1H3. The van der Waals surface area contributed by atoms with Crippen LogP contribution in [-0.4, -0.2) is 13.7 Å². The zero-order valence-electron chi connectivity index (χ0n) is 7.51. The van der Waals surface area contributed by atoms with Crippen molar-refractivity contribution in [1.82, 2.24) is 5.48 Å². The van der Waals surface area contributed by atoms with Gasteiger partial charge >= 0.3 is 0 Å². The molecule has 0 radical (unpaired) electrons. The molecule has 0 aliphatic carbocycles. The molecule has 14 heavy (non-hydrogen) atoms. The van der Waals surface area contributed by atoms with Crippen LogP contribution in [0, 0.1) is 0 Å². The molecule has 1 aliphatic rings. The van der Waals surface area contributed by atoms with Gasteiger partial charge in [-0.2, -0.15) is 5.48 Å². The average molecular weight is 323 g/mol. The predicted molar refractivity (Wildman–Crippen MR) is 60.2 cm³/mol. The topological polar surface area (TPSA) is 30.5 Å². The van der Waals surface area contributed by atoms with Crippen LogP contribution < -0.4 is 10.2 Å². The summed E-state index contributed by atoms with van der Waals surface area (Å²) in [5.41, 5.74) is 3.99. The summed E-state index contributed by atoms with van der Waals surface area (Å²) < 4.78 is 7.52. The molecule has 1 aliphatic heterocycles. The molecule has 0 spiro atoms. The molecule has 0 bridgehead atoms. The lowest BCUT2D eigenvalue weighted by Crippen LogP contribution is -2.20. The normalized spacial score (nSPS) is 19.2. The van der Waals surface area contributed by atoms with Crippen molar-refractivity contribution in [2.24, 2.45) is 0 Å². The monoisotopic (exact) mass is 321 g/mol. The molecule has 2 rings (SSSR count). The van der Waals surface area contributed by atoms with Gasteiger partial charge in [-0.1, -0.05) is 15.9 Å². The van der Waals surface area contributed by atoms with E-state index in [0.717, 1.165) is 20.3 Å².